The third kappa shape index (κ3) is 4.66. The van der Waals surface area contributed by atoms with Crippen molar-refractivity contribution in [3.8, 4) is 11.5 Å². The third-order valence-corrected chi connectivity index (χ3v) is 1.57. The highest BCUT2D eigenvalue weighted by Crippen LogP contribution is 2.18. The number of aliphatic hydroxyl groups is 1. The SMILES string of the molecule is COC(=O)Oc1cncc(OC(=O)OCCO)c1. The van der Waals surface area contributed by atoms with Crippen LogP contribution in [0.1, 0.15) is 0 Å². The van der Waals surface area contributed by atoms with Gasteiger partial charge in [-0.3, -0.25) is 4.98 Å². The molecule has 18 heavy (non-hydrogen) atoms. The van der Waals surface area contributed by atoms with Crippen LogP contribution in [0.15, 0.2) is 18.5 Å². The maximum atomic E-state index is 11.0. The van der Waals surface area contributed by atoms with Crippen molar-refractivity contribution in [2.24, 2.45) is 0 Å². The second-order valence-corrected chi connectivity index (χ2v) is 2.84. The van der Waals surface area contributed by atoms with Gasteiger partial charge in [0.25, 0.3) is 0 Å². The van der Waals surface area contributed by atoms with Gasteiger partial charge in [0.1, 0.15) is 6.61 Å². The summed E-state index contributed by atoms with van der Waals surface area (Å²) in [5.74, 6) is 0.0775. The fourth-order valence-electron chi connectivity index (χ4n) is 0.903. The number of rotatable bonds is 4. The zero-order valence-corrected chi connectivity index (χ0v) is 9.49. The zero-order valence-electron chi connectivity index (χ0n) is 9.49. The molecular weight excluding hydrogens is 246 g/mol. The molecule has 0 aliphatic rings. The van der Waals surface area contributed by atoms with Gasteiger partial charge in [0.2, 0.25) is 0 Å². The minimum Gasteiger partial charge on any atom is -0.437 e. The van der Waals surface area contributed by atoms with Gasteiger partial charge in [-0.15, -0.1) is 0 Å². The molecule has 8 nitrogen and oxygen atoms in total. The van der Waals surface area contributed by atoms with Crippen LogP contribution in [0, 0.1) is 0 Å². The molecule has 1 aromatic heterocycles. The number of nitrogens with zero attached hydrogens (tertiary/aromatic N) is 1. The molecule has 0 saturated carbocycles. The molecule has 1 aromatic rings. The average molecular weight is 257 g/mol. The number of aliphatic hydroxyl groups excluding tert-OH is 1. The molecule has 0 spiro atoms. The molecule has 8 heteroatoms. The van der Waals surface area contributed by atoms with E-state index < -0.39 is 12.3 Å². The largest absolute Gasteiger partial charge is 0.513 e. The predicted molar refractivity (Wildman–Crippen MR) is 56.3 cm³/mol. The summed E-state index contributed by atoms with van der Waals surface area (Å²) in [4.78, 5) is 25.6. The minimum absolute atomic E-state index is 0.0272. The lowest BCUT2D eigenvalue weighted by molar-refractivity contribution is 0.0805. The van der Waals surface area contributed by atoms with Gasteiger partial charge in [-0.1, -0.05) is 0 Å². The molecule has 0 amide bonds. The van der Waals surface area contributed by atoms with Crippen molar-refractivity contribution in [1.82, 2.24) is 4.98 Å². The molecule has 1 N–H and O–H groups in total. The number of pyridine rings is 1. The maximum absolute atomic E-state index is 11.0. The summed E-state index contributed by atoms with van der Waals surface area (Å²) in [6.07, 6.45) is 0.547. The summed E-state index contributed by atoms with van der Waals surface area (Å²) in [6, 6.07) is 1.25. The lowest BCUT2D eigenvalue weighted by Crippen LogP contribution is -2.13. The highest BCUT2D eigenvalue weighted by molar-refractivity contribution is 5.65. The molecule has 0 aliphatic heterocycles. The van der Waals surface area contributed by atoms with Gasteiger partial charge in [-0.25, -0.2) is 9.59 Å². The van der Waals surface area contributed by atoms with Crippen LogP contribution in [-0.2, 0) is 9.47 Å². The molecular formula is C10H11NO7. The van der Waals surface area contributed by atoms with Gasteiger partial charge in [0.05, 0.1) is 26.1 Å². The van der Waals surface area contributed by atoms with Gasteiger partial charge in [-0.2, -0.15) is 0 Å². The van der Waals surface area contributed by atoms with Crippen LogP contribution in [0.5, 0.6) is 11.5 Å². The van der Waals surface area contributed by atoms with Crippen LogP contribution in [-0.4, -0.2) is 42.7 Å². The number of aromatic nitrogens is 1. The van der Waals surface area contributed by atoms with E-state index in [2.05, 4.69) is 19.2 Å². The Morgan fingerprint density at radius 3 is 2.39 bits per heavy atom. The van der Waals surface area contributed by atoms with E-state index in [4.69, 9.17) is 9.84 Å². The molecule has 0 atom stereocenters. The topological polar surface area (TPSA) is 104 Å². The Morgan fingerprint density at radius 2 is 1.83 bits per heavy atom. The minimum atomic E-state index is -0.999. The van der Waals surface area contributed by atoms with E-state index >= 15 is 0 Å². The van der Waals surface area contributed by atoms with E-state index in [0.717, 1.165) is 7.11 Å². The number of hydrogen-bond donors (Lipinski definition) is 1. The first-order valence-electron chi connectivity index (χ1n) is 4.82. The van der Waals surface area contributed by atoms with Crippen molar-refractivity contribution in [3.05, 3.63) is 18.5 Å². The normalized spacial score (nSPS) is 9.44. The molecule has 0 radical (unpaired) electrons. The standard InChI is InChI=1S/C10H11NO7/c1-15-9(13)17-7-4-8(6-11-5-7)18-10(14)16-3-2-12/h4-6,12H,2-3H2,1H3. The van der Waals surface area contributed by atoms with Crippen molar-refractivity contribution < 1.29 is 33.6 Å². The quantitative estimate of drug-likeness (QED) is 0.787. The molecule has 0 saturated heterocycles. The first-order valence-corrected chi connectivity index (χ1v) is 4.82. The van der Waals surface area contributed by atoms with Crippen molar-refractivity contribution in [1.29, 1.82) is 0 Å². The average Bonchev–Trinajstić information content (AvgIpc) is 2.36. The van der Waals surface area contributed by atoms with Crippen LogP contribution >= 0.6 is 0 Å². The molecule has 0 bridgehead atoms. The number of carbonyl (C=O) groups is 2. The molecule has 0 aromatic carbocycles. The van der Waals surface area contributed by atoms with Gasteiger partial charge in [0, 0.05) is 6.07 Å². The van der Waals surface area contributed by atoms with Crippen LogP contribution in [0.25, 0.3) is 0 Å². The van der Waals surface area contributed by atoms with Crippen LogP contribution in [0.2, 0.25) is 0 Å². The monoisotopic (exact) mass is 257 g/mol. The van der Waals surface area contributed by atoms with Gasteiger partial charge in [-0.05, 0) is 0 Å². The summed E-state index contributed by atoms with van der Waals surface area (Å²) in [5.41, 5.74) is 0. The number of carbonyl (C=O) groups excluding carboxylic acids is 2. The Hall–Kier alpha value is -2.35. The third-order valence-electron chi connectivity index (χ3n) is 1.57. The van der Waals surface area contributed by atoms with Crippen molar-refractivity contribution in [2.45, 2.75) is 0 Å². The molecule has 1 heterocycles. The van der Waals surface area contributed by atoms with Crippen molar-refractivity contribution >= 4 is 12.3 Å². The van der Waals surface area contributed by atoms with E-state index in [0.29, 0.717) is 0 Å². The van der Waals surface area contributed by atoms with Crippen LogP contribution in [0.3, 0.4) is 0 Å². The first kappa shape index (κ1) is 13.7. The summed E-state index contributed by atoms with van der Waals surface area (Å²) in [6.45, 7) is -0.483. The van der Waals surface area contributed by atoms with E-state index in [1.54, 1.807) is 0 Å². The van der Waals surface area contributed by atoms with Gasteiger partial charge >= 0.3 is 12.3 Å². The summed E-state index contributed by atoms with van der Waals surface area (Å²) in [5, 5.41) is 8.44. The van der Waals surface area contributed by atoms with Crippen molar-refractivity contribution in [3.63, 3.8) is 0 Å². The Kier molecular flexibility index (Phi) is 5.39. The van der Waals surface area contributed by atoms with E-state index in [1.165, 1.54) is 18.5 Å². The fraction of sp³-hybridized carbons (Fsp3) is 0.300. The Bertz CT molecular complexity index is 420. The summed E-state index contributed by atoms with van der Waals surface area (Å²) < 4.78 is 18.1. The Balaban J connectivity index is 2.59. The molecule has 1 rings (SSSR count). The highest BCUT2D eigenvalue weighted by Gasteiger charge is 2.09. The number of methoxy groups -OCH3 is 1. The lowest BCUT2D eigenvalue weighted by Gasteiger charge is -2.06. The first-order chi connectivity index (χ1) is 8.65. The molecule has 0 aliphatic carbocycles. The fourth-order valence-corrected chi connectivity index (χ4v) is 0.903. The second-order valence-electron chi connectivity index (χ2n) is 2.84. The Morgan fingerprint density at radius 1 is 1.22 bits per heavy atom. The van der Waals surface area contributed by atoms with Gasteiger partial charge in [0.15, 0.2) is 11.5 Å². The zero-order chi connectivity index (χ0) is 13.4. The smallest absolute Gasteiger partial charge is 0.437 e. The lowest BCUT2D eigenvalue weighted by atomic mass is 10.4. The maximum Gasteiger partial charge on any atom is 0.513 e. The summed E-state index contributed by atoms with van der Waals surface area (Å²) in [7, 11) is 1.16. The number of hydrogen-bond acceptors (Lipinski definition) is 8. The molecule has 0 fully saturated rings. The predicted octanol–water partition coefficient (Wildman–Crippen LogP) is 0.734. The van der Waals surface area contributed by atoms with Crippen LogP contribution < -0.4 is 9.47 Å². The van der Waals surface area contributed by atoms with E-state index in [-0.39, 0.29) is 24.7 Å². The van der Waals surface area contributed by atoms with E-state index in [1.807, 2.05) is 0 Å². The van der Waals surface area contributed by atoms with Crippen LogP contribution in [0.4, 0.5) is 9.59 Å². The van der Waals surface area contributed by atoms with E-state index in [9.17, 15) is 9.59 Å². The Labute approximate surface area is 102 Å². The second kappa shape index (κ2) is 7.07. The highest BCUT2D eigenvalue weighted by atomic mass is 16.7. The molecule has 0 unspecified atom stereocenters. The van der Waals surface area contributed by atoms with Crippen molar-refractivity contribution in [2.75, 3.05) is 20.3 Å². The summed E-state index contributed by atoms with van der Waals surface area (Å²) >= 11 is 0. The molecule has 98 valence electrons. The number of ether oxygens (including phenoxy) is 4. The van der Waals surface area contributed by atoms with Gasteiger partial charge < -0.3 is 24.1 Å².